The van der Waals surface area contributed by atoms with Gasteiger partial charge in [-0.3, -0.25) is 4.79 Å². The van der Waals surface area contributed by atoms with Crippen molar-refractivity contribution in [2.45, 2.75) is 20.8 Å². The van der Waals surface area contributed by atoms with Crippen LogP contribution in [0.2, 0.25) is 0 Å². The Labute approximate surface area is 192 Å². The molecule has 1 aromatic heterocycles. The molecule has 0 spiro atoms. The monoisotopic (exact) mass is 443 g/mol. The van der Waals surface area contributed by atoms with Crippen LogP contribution < -0.4 is 10.1 Å². The van der Waals surface area contributed by atoms with Crippen molar-refractivity contribution in [3.63, 3.8) is 0 Å². The predicted octanol–water partition coefficient (Wildman–Crippen LogP) is 4.83. The summed E-state index contributed by atoms with van der Waals surface area (Å²) in [7, 11) is 1.62. The van der Waals surface area contributed by atoms with Crippen LogP contribution in [-0.2, 0) is 9.53 Å². The van der Waals surface area contributed by atoms with Crippen LogP contribution in [0.15, 0.2) is 60.2 Å². The van der Waals surface area contributed by atoms with Gasteiger partial charge < -0.3 is 19.4 Å². The Balaban J connectivity index is 1.82. The molecular weight excluding hydrogens is 418 g/mol. The number of ether oxygens (including phenoxy) is 2. The molecule has 0 saturated carbocycles. The minimum atomic E-state index is -0.532. The summed E-state index contributed by atoms with van der Waals surface area (Å²) in [6.07, 6.45) is 1.57. The number of hydrogen-bond donors (Lipinski definition) is 1. The van der Waals surface area contributed by atoms with Gasteiger partial charge in [0.05, 0.1) is 19.3 Å². The van der Waals surface area contributed by atoms with Gasteiger partial charge in [-0.2, -0.15) is 5.26 Å². The molecule has 33 heavy (non-hydrogen) atoms. The minimum Gasteiger partial charge on any atom is -0.497 e. The highest BCUT2D eigenvalue weighted by molar-refractivity contribution is 6.09. The van der Waals surface area contributed by atoms with Crippen molar-refractivity contribution in [3.05, 3.63) is 82.7 Å². The average Bonchev–Trinajstić information content (AvgIpc) is 3.10. The summed E-state index contributed by atoms with van der Waals surface area (Å²) in [6, 6.07) is 17.9. The number of aromatic nitrogens is 1. The Hall–Kier alpha value is -4.31. The summed E-state index contributed by atoms with van der Waals surface area (Å²) in [4.78, 5) is 24.5. The second-order valence-corrected chi connectivity index (χ2v) is 7.28. The Bertz CT molecular complexity index is 1230. The van der Waals surface area contributed by atoms with Crippen LogP contribution in [0.5, 0.6) is 5.75 Å². The second kappa shape index (κ2) is 10.3. The van der Waals surface area contributed by atoms with E-state index in [9.17, 15) is 14.9 Å². The van der Waals surface area contributed by atoms with Gasteiger partial charge in [-0.1, -0.05) is 0 Å². The van der Waals surface area contributed by atoms with Crippen molar-refractivity contribution in [2.24, 2.45) is 0 Å². The number of rotatable bonds is 7. The van der Waals surface area contributed by atoms with Gasteiger partial charge >= 0.3 is 5.97 Å². The summed E-state index contributed by atoms with van der Waals surface area (Å²) >= 11 is 0. The number of carbonyl (C=O) groups is 2. The largest absolute Gasteiger partial charge is 0.497 e. The summed E-state index contributed by atoms with van der Waals surface area (Å²) < 4.78 is 12.2. The van der Waals surface area contributed by atoms with Crippen LogP contribution in [0.1, 0.15) is 34.2 Å². The third-order valence-corrected chi connectivity index (χ3v) is 5.12. The lowest BCUT2D eigenvalue weighted by atomic mass is 10.1. The zero-order valence-electron chi connectivity index (χ0n) is 19.0. The van der Waals surface area contributed by atoms with E-state index in [1.165, 1.54) is 0 Å². The van der Waals surface area contributed by atoms with Crippen LogP contribution in [0.25, 0.3) is 11.8 Å². The van der Waals surface area contributed by atoms with Gasteiger partial charge in [-0.25, -0.2) is 4.79 Å². The van der Waals surface area contributed by atoms with E-state index < -0.39 is 11.9 Å². The van der Waals surface area contributed by atoms with Crippen molar-refractivity contribution in [1.29, 1.82) is 5.26 Å². The fourth-order valence-corrected chi connectivity index (χ4v) is 3.47. The van der Waals surface area contributed by atoms with Crippen molar-refractivity contribution in [2.75, 3.05) is 19.0 Å². The SMILES string of the molecule is CCOC(=O)c1ccc(NC(=O)/C(C#N)=C\c2cc(C)n(-c3ccc(OC)cc3)c2C)cc1. The summed E-state index contributed by atoms with van der Waals surface area (Å²) in [5, 5.41) is 12.3. The van der Waals surface area contributed by atoms with Gasteiger partial charge in [-0.05, 0) is 87.0 Å². The van der Waals surface area contributed by atoms with Crippen molar-refractivity contribution < 1.29 is 19.1 Å². The van der Waals surface area contributed by atoms with E-state index in [-0.39, 0.29) is 12.2 Å². The number of nitrogens with zero attached hydrogens (tertiary/aromatic N) is 2. The molecule has 168 valence electrons. The number of anilines is 1. The number of aryl methyl sites for hydroxylation is 1. The zero-order chi connectivity index (χ0) is 24.0. The van der Waals surface area contributed by atoms with Crippen LogP contribution in [0.4, 0.5) is 5.69 Å². The third-order valence-electron chi connectivity index (χ3n) is 5.12. The lowest BCUT2D eigenvalue weighted by Crippen LogP contribution is -2.13. The Kier molecular flexibility index (Phi) is 7.31. The first kappa shape index (κ1) is 23.4. The molecule has 0 aliphatic heterocycles. The summed E-state index contributed by atoms with van der Waals surface area (Å²) in [5.74, 6) is -0.198. The third kappa shape index (κ3) is 5.31. The number of nitriles is 1. The lowest BCUT2D eigenvalue weighted by molar-refractivity contribution is -0.112. The van der Waals surface area contributed by atoms with Crippen LogP contribution in [0.3, 0.4) is 0 Å². The lowest BCUT2D eigenvalue weighted by Gasteiger charge is -2.10. The number of nitrogens with one attached hydrogen (secondary N) is 1. The van der Waals surface area contributed by atoms with E-state index in [0.717, 1.165) is 28.4 Å². The molecule has 3 rings (SSSR count). The Morgan fingerprint density at radius 3 is 2.33 bits per heavy atom. The van der Waals surface area contributed by atoms with Gasteiger partial charge in [0.2, 0.25) is 0 Å². The van der Waals surface area contributed by atoms with E-state index in [0.29, 0.717) is 11.3 Å². The highest BCUT2D eigenvalue weighted by Gasteiger charge is 2.15. The first-order valence-electron chi connectivity index (χ1n) is 10.4. The molecule has 0 radical (unpaired) electrons. The number of amides is 1. The molecule has 7 nitrogen and oxygen atoms in total. The van der Waals surface area contributed by atoms with E-state index in [1.807, 2.05) is 54.8 Å². The fraction of sp³-hybridized carbons (Fsp3) is 0.192. The summed E-state index contributed by atoms with van der Waals surface area (Å²) in [6.45, 7) is 5.92. The Morgan fingerprint density at radius 2 is 1.76 bits per heavy atom. The number of hydrogen-bond acceptors (Lipinski definition) is 5. The maximum Gasteiger partial charge on any atom is 0.338 e. The maximum atomic E-state index is 12.7. The molecule has 7 heteroatoms. The molecular formula is C26H25N3O4. The fourth-order valence-electron chi connectivity index (χ4n) is 3.47. The quantitative estimate of drug-likeness (QED) is 0.321. The first-order valence-corrected chi connectivity index (χ1v) is 10.4. The molecule has 0 aliphatic carbocycles. The molecule has 1 N–H and O–H groups in total. The Morgan fingerprint density at radius 1 is 1.09 bits per heavy atom. The van der Waals surface area contributed by atoms with Crippen LogP contribution in [-0.4, -0.2) is 30.2 Å². The van der Waals surface area contributed by atoms with E-state index in [1.54, 1.807) is 44.4 Å². The number of methoxy groups -OCH3 is 1. The highest BCUT2D eigenvalue weighted by atomic mass is 16.5. The average molecular weight is 444 g/mol. The van der Waals surface area contributed by atoms with Crippen molar-refractivity contribution in [3.8, 4) is 17.5 Å². The highest BCUT2D eigenvalue weighted by Crippen LogP contribution is 2.24. The van der Waals surface area contributed by atoms with E-state index in [2.05, 4.69) is 5.32 Å². The standard InChI is InChI=1S/C26H25N3O4/c1-5-33-26(31)19-6-8-22(9-7-19)28-25(30)21(16-27)15-20-14-17(2)29(18(20)3)23-10-12-24(32-4)13-11-23/h6-15H,5H2,1-4H3,(H,28,30)/b21-15-. The van der Waals surface area contributed by atoms with Crippen molar-refractivity contribution >= 4 is 23.6 Å². The van der Waals surface area contributed by atoms with E-state index in [4.69, 9.17) is 9.47 Å². The molecule has 1 amide bonds. The number of esters is 1. The molecule has 1 heterocycles. The summed E-state index contributed by atoms with van der Waals surface area (Å²) in [5.41, 5.74) is 4.42. The van der Waals surface area contributed by atoms with Gasteiger partial charge in [0.1, 0.15) is 17.4 Å². The minimum absolute atomic E-state index is 0.0283. The molecule has 0 saturated heterocycles. The van der Waals surface area contributed by atoms with Gasteiger partial charge in [0.25, 0.3) is 5.91 Å². The molecule has 0 bridgehead atoms. The van der Waals surface area contributed by atoms with Crippen molar-refractivity contribution in [1.82, 2.24) is 4.57 Å². The van der Waals surface area contributed by atoms with Gasteiger partial charge in [0.15, 0.2) is 0 Å². The maximum absolute atomic E-state index is 12.7. The molecule has 0 atom stereocenters. The number of benzene rings is 2. The molecule has 0 fully saturated rings. The topological polar surface area (TPSA) is 93.4 Å². The van der Waals surface area contributed by atoms with Gasteiger partial charge in [-0.15, -0.1) is 0 Å². The van der Waals surface area contributed by atoms with Crippen LogP contribution >= 0.6 is 0 Å². The molecule has 0 unspecified atom stereocenters. The predicted molar refractivity (Wildman–Crippen MR) is 126 cm³/mol. The van der Waals surface area contributed by atoms with E-state index >= 15 is 0 Å². The smallest absolute Gasteiger partial charge is 0.338 e. The zero-order valence-corrected chi connectivity index (χ0v) is 19.0. The number of carbonyl (C=O) groups excluding carboxylic acids is 2. The van der Waals surface area contributed by atoms with Crippen LogP contribution in [0, 0.1) is 25.2 Å². The first-order chi connectivity index (χ1) is 15.9. The molecule has 0 aliphatic rings. The van der Waals surface area contributed by atoms with Gasteiger partial charge in [0, 0.05) is 22.8 Å². The molecule has 3 aromatic rings. The second-order valence-electron chi connectivity index (χ2n) is 7.28. The molecule has 2 aromatic carbocycles. The normalized spacial score (nSPS) is 10.9.